The molecule has 1 aromatic carbocycles. The molecule has 3 unspecified atom stereocenters. The van der Waals surface area contributed by atoms with E-state index in [9.17, 15) is 9.59 Å². The number of benzene rings is 1. The molecule has 9 heteroatoms. The third-order valence-electron chi connectivity index (χ3n) is 7.74. The molecule has 2 saturated heterocycles. The quantitative estimate of drug-likeness (QED) is 0.107. The molecule has 2 heterocycles. The maximum absolute atomic E-state index is 13.1. The summed E-state index contributed by atoms with van der Waals surface area (Å²) in [6.45, 7) is 3.12. The molecule has 1 saturated carbocycles. The van der Waals surface area contributed by atoms with Crippen LogP contribution in [-0.4, -0.2) is 56.5 Å². The Hall–Kier alpha value is -2.45. The summed E-state index contributed by atoms with van der Waals surface area (Å²) in [5.74, 6) is -1.67. The average molecular weight is 603 g/mol. The number of esters is 1. The van der Waals surface area contributed by atoms with E-state index in [2.05, 4.69) is 17.9 Å². The number of hydrogen-bond donors (Lipinski definition) is 0. The van der Waals surface area contributed by atoms with Gasteiger partial charge in [0, 0.05) is 43.4 Å². The Morgan fingerprint density at radius 1 is 1.07 bits per heavy atom. The summed E-state index contributed by atoms with van der Waals surface area (Å²) in [4.78, 5) is 25.8. The first-order chi connectivity index (χ1) is 20.4. The summed E-state index contributed by atoms with van der Waals surface area (Å²) < 4.78 is 35.0. The second-order valence-electron chi connectivity index (χ2n) is 11.1. The summed E-state index contributed by atoms with van der Waals surface area (Å²) in [5, 5.41) is 0.668. The molecule has 0 amide bonds. The van der Waals surface area contributed by atoms with Gasteiger partial charge in [-0.15, -0.1) is 5.73 Å². The second kappa shape index (κ2) is 16.4. The van der Waals surface area contributed by atoms with Crippen molar-refractivity contribution in [1.82, 2.24) is 0 Å². The topological polar surface area (TPSA) is 89.5 Å². The van der Waals surface area contributed by atoms with Crippen LogP contribution in [0.2, 0.25) is 5.02 Å². The lowest BCUT2D eigenvalue weighted by atomic mass is 9.94. The minimum Gasteiger partial charge on any atom is -0.490 e. The van der Waals surface area contributed by atoms with Crippen molar-refractivity contribution in [3.8, 4) is 5.75 Å². The minimum absolute atomic E-state index is 0.0267. The molecule has 0 bridgehead atoms. The number of hydrogen-bond acceptors (Lipinski definition) is 8. The number of ether oxygens (including phenoxy) is 6. The highest BCUT2D eigenvalue weighted by molar-refractivity contribution is 6.30. The van der Waals surface area contributed by atoms with Gasteiger partial charge in [-0.3, -0.25) is 4.79 Å². The molecule has 1 aliphatic carbocycles. The molecule has 8 nitrogen and oxygen atoms in total. The Bertz CT molecular complexity index is 1080. The molecule has 42 heavy (non-hydrogen) atoms. The van der Waals surface area contributed by atoms with Gasteiger partial charge in [0.2, 0.25) is 0 Å². The zero-order valence-corrected chi connectivity index (χ0v) is 25.4. The van der Waals surface area contributed by atoms with Crippen LogP contribution < -0.4 is 4.74 Å². The second-order valence-corrected chi connectivity index (χ2v) is 11.5. The van der Waals surface area contributed by atoms with Crippen molar-refractivity contribution in [2.45, 2.75) is 95.6 Å². The van der Waals surface area contributed by atoms with Crippen LogP contribution in [0.4, 0.5) is 0 Å². The van der Waals surface area contributed by atoms with Crippen molar-refractivity contribution in [3.05, 3.63) is 59.3 Å². The molecule has 0 spiro atoms. The first kappa shape index (κ1) is 32.5. The standard InChI is InChI=1S/C33H43ClO8/c1-24(40-27-18-16-26(34)17-19-27)10-9-11-25-15-20-29(35)28(25)12-3-6-21-33(32(36)37-2,41-30-13-4-7-22-38-30)42-31-14-5-8-23-39-31/h6,9,11-12,16-19,24-25,28,30-31H,4-5,7-8,10,13-15,20-23H2,1-2H3/b11-9+/t3?,24?,25-,28+,30?,31?,33?/m0/s1. The maximum atomic E-state index is 13.1. The Balaban J connectivity index is 1.41. The zero-order chi connectivity index (χ0) is 29.8. The van der Waals surface area contributed by atoms with Gasteiger partial charge in [0.15, 0.2) is 12.6 Å². The van der Waals surface area contributed by atoms with E-state index in [0.717, 1.165) is 37.9 Å². The Morgan fingerprint density at radius 2 is 1.74 bits per heavy atom. The summed E-state index contributed by atoms with van der Waals surface area (Å²) in [6.07, 6.45) is 13.5. The normalized spacial score (nSPS) is 26.7. The summed E-state index contributed by atoms with van der Waals surface area (Å²) in [7, 11) is 1.31. The number of methoxy groups -OCH3 is 1. The summed E-state index contributed by atoms with van der Waals surface area (Å²) in [5.41, 5.74) is 3.14. The lowest BCUT2D eigenvalue weighted by Gasteiger charge is -2.38. The van der Waals surface area contributed by atoms with Crippen LogP contribution in [0.5, 0.6) is 5.75 Å². The highest BCUT2D eigenvalue weighted by atomic mass is 35.5. The van der Waals surface area contributed by atoms with Crippen LogP contribution in [0.15, 0.2) is 54.3 Å². The van der Waals surface area contributed by atoms with Crippen molar-refractivity contribution in [2.24, 2.45) is 11.8 Å². The van der Waals surface area contributed by atoms with Gasteiger partial charge in [0.25, 0.3) is 5.79 Å². The first-order valence-electron chi connectivity index (χ1n) is 15.1. The van der Waals surface area contributed by atoms with Crippen molar-refractivity contribution < 1.29 is 38.0 Å². The summed E-state index contributed by atoms with van der Waals surface area (Å²) >= 11 is 5.95. The van der Waals surface area contributed by atoms with Gasteiger partial charge in [-0.25, -0.2) is 4.79 Å². The molecule has 0 N–H and O–H groups in total. The average Bonchev–Trinajstić information content (AvgIpc) is 3.35. The zero-order valence-electron chi connectivity index (χ0n) is 24.6. The smallest absolute Gasteiger partial charge is 0.367 e. The van der Waals surface area contributed by atoms with E-state index < -0.39 is 24.3 Å². The van der Waals surface area contributed by atoms with Gasteiger partial charge in [-0.2, -0.15) is 0 Å². The van der Waals surface area contributed by atoms with Crippen LogP contribution in [0.25, 0.3) is 0 Å². The third kappa shape index (κ3) is 9.53. The minimum atomic E-state index is -1.74. The van der Waals surface area contributed by atoms with E-state index in [4.69, 9.17) is 40.0 Å². The number of allylic oxidation sites excluding steroid dienone is 1. The third-order valence-corrected chi connectivity index (χ3v) is 7.99. The van der Waals surface area contributed by atoms with Gasteiger partial charge in [0.05, 0.1) is 13.2 Å². The largest absolute Gasteiger partial charge is 0.490 e. The predicted octanol–water partition coefficient (Wildman–Crippen LogP) is 6.71. The molecule has 5 atom stereocenters. The van der Waals surface area contributed by atoms with Crippen LogP contribution >= 0.6 is 11.6 Å². The molecular weight excluding hydrogens is 560 g/mol. The fourth-order valence-corrected chi connectivity index (χ4v) is 5.55. The highest BCUT2D eigenvalue weighted by Crippen LogP contribution is 2.33. The molecule has 230 valence electrons. The van der Waals surface area contributed by atoms with Crippen molar-refractivity contribution in [3.63, 3.8) is 0 Å². The van der Waals surface area contributed by atoms with Crippen LogP contribution in [0, 0.1) is 11.8 Å². The van der Waals surface area contributed by atoms with Crippen molar-refractivity contribution in [2.75, 3.05) is 20.3 Å². The van der Waals surface area contributed by atoms with Crippen molar-refractivity contribution >= 4 is 23.4 Å². The lowest BCUT2D eigenvalue weighted by Crippen LogP contribution is -2.51. The number of rotatable bonds is 13. The van der Waals surface area contributed by atoms with E-state index in [-0.39, 0.29) is 30.1 Å². The van der Waals surface area contributed by atoms with E-state index in [0.29, 0.717) is 43.9 Å². The monoisotopic (exact) mass is 602 g/mol. The van der Waals surface area contributed by atoms with Crippen LogP contribution in [0.3, 0.4) is 0 Å². The molecular formula is C33H43ClO8. The number of ketones is 1. The van der Waals surface area contributed by atoms with Crippen LogP contribution in [0.1, 0.15) is 71.1 Å². The number of carbonyl (C=O) groups is 2. The van der Waals surface area contributed by atoms with E-state index >= 15 is 0 Å². The Morgan fingerprint density at radius 3 is 2.33 bits per heavy atom. The number of carbonyl (C=O) groups excluding carboxylic acids is 2. The molecule has 2 aliphatic heterocycles. The fraction of sp³-hybridized carbons (Fsp3) is 0.606. The lowest BCUT2D eigenvalue weighted by molar-refractivity contribution is -0.350. The van der Waals surface area contributed by atoms with Gasteiger partial charge in [0.1, 0.15) is 11.5 Å². The Kier molecular flexibility index (Phi) is 12.7. The van der Waals surface area contributed by atoms with E-state index in [1.165, 1.54) is 7.11 Å². The molecule has 4 rings (SSSR count). The molecule has 0 radical (unpaired) electrons. The van der Waals surface area contributed by atoms with E-state index in [1.54, 1.807) is 24.3 Å². The Labute approximate surface area is 254 Å². The van der Waals surface area contributed by atoms with Gasteiger partial charge in [-0.05, 0) is 94.2 Å². The summed E-state index contributed by atoms with van der Waals surface area (Å²) in [6, 6.07) is 7.30. The predicted molar refractivity (Wildman–Crippen MR) is 158 cm³/mol. The van der Waals surface area contributed by atoms with Gasteiger partial charge in [-0.1, -0.05) is 23.8 Å². The van der Waals surface area contributed by atoms with Gasteiger partial charge >= 0.3 is 5.97 Å². The molecule has 3 fully saturated rings. The molecule has 1 aromatic rings. The first-order valence-corrected chi connectivity index (χ1v) is 15.5. The van der Waals surface area contributed by atoms with E-state index in [1.807, 2.05) is 19.1 Å². The fourth-order valence-electron chi connectivity index (χ4n) is 5.42. The van der Waals surface area contributed by atoms with Gasteiger partial charge < -0.3 is 28.4 Å². The number of halogens is 1. The highest BCUT2D eigenvalue weighted by Gasteiger charge is 2.47. The number of Topliss-reactive ketones (excluding diaryl/α,β-unsaturated/α-hetero) is 1. The maximum Gasteiger partial charge on any atom is 0.367 e. The van der Waals surface area contributed by atoms with Crippen LogP contribution in [-0.2, 0) is 33.3 Å². The SMILES string of the molecule is COC(=O)C(CC=C=C[C@H]1C(=O)CC[C@@H]1/C=C/CC(C)Oc1ccc(Cl)cc1)(OC1CCCCO1)OC1CCCCO1. The van der Waals surface area contributed by atoms with Crippen molar-refractivity contribution in [1.29, 1.82) is 0 Å². The molecule has 3 aliphatic rings. The molecule has 0 aromatic heterocycles.